The molecule has 0 aliphatic heterocycles. The summed E-state index contributed by atoms with van der Waals surface area (Å²) < 4.78 is 0. The number of Topliss-reactive ketones (excluding diaryl/α,β-unsaturated/α-hetero) is 2. The Kier molecular flexibility index (Phi) is 4.70. The van der Waals surface area contributed by atoms with E-state index < -0.39 is 24.0 Å². The predicted octanol–water partition coefficient (Wildman–Crippen LogP) is 3.66. The minimum absolute atomic E-state index is 0.354. The SMILES string of the molecule is O=C(O)C(=O)CC(=O)c1cccc(Cc2cccc3ccccc23)c1. The lowest BCUT2D eigenvalue weighted by Gasteiger charge is -2.08. The molecule has 4 nitrogen and oxygen atoms in total. The van der Waals surface area contributed by atoms with E-state index in [0.29, 0.717) is 12.0 Å². The Bertz CT molecular complexity index is 967. The van der Waals surface area contributed by atoms with E-state index in [9.17, 15) is 14.4 Å². The second-order valence-corrected chi connectivity index (χ2v) is 5.84. The fourth-order valence-corrected chi connectivity index (χ4v) is 2.84. The van der Waals surface area contributed by atoms with Crippen molar-refractivity contribution in [3.8, 4) is 0 Å². The maximum Gasteiger partial charge on any atom is 0.372 e. The van der Waals surface area contributed by atoms with Crippen LogP contribution in [0.25, 0.3) is 10.8 Å². The lowest BCUT2D eigenvalue weighted by atomic mass is 9.96. The van der Waals surface area contributed by atoms with Crippen molar-refractivity contribution in [2.24, 2.45) is 0 Å². The van der Waals surface area contributed by atoms with Crippen LogP contribution >= 0.6 is 0 Å². The summed E-state index contributed by atoms with van der Waals surface area (Å²) in [5.41, 5.74) is 2.43. The Morgan fingerprint density at radius 1 is 0.840 bits per heavy atom. The van der Waals surface area contributed by atoms with Crippen LogP contribution in [0, 0.1) is 0 Å². The summed E-state index contributed by atoms with van der Waals surface area (Å²) in [5.74, 6) is -3.16. The fraction of sp³-hybridized carbons (Fsp3) is 0.0952. The zero-order chi connectivity index (χ0) is 17.8. The van der Waals surface area contributed by atoms with Crippen molar-refractivity contribution in [1.82, 2.24) is 0 Å². The number of carbonyl (C=O) groups excluding carboxylic acids is 2. The first kappa shape index (κ1) is 16.6. The van der Waals surface area contributed by atoms with Crippen molar-refractivity contribution >= 4 is 28.3 Å². The second kappa shape index (κ2) is 7.09. The molecule has 0 unspecified atom stereocenters. The molecule has 0 atom stereocenters. The van der Waals surface area contributed by atoms with Crippen molar-refractivity contribution < 1.29 is 19.5 Å². The van der Waals surface area contributed by atoms with Gasteiger partial charge in [-0.15, -0.1) is 0 Å². The number of fused-ring (bicyclic) bond motifs is 1. The highest BCUT2D eigenvalue weighted by Gasteiger charge is 2.18. The first-order valence-electron chi connectivity index (χ1n) is 7.89. The number of carboxylic acids is 1. The van der Waals surface area contributed by atoms with Gasteiger partial charge in [-0.05, 0) is 34.4 Å². The molecule has 0 heterocycles. The van der Waals surface area contributed by atoms with Crippen LogP contribution < -0.4 is 0 Å². The van der Waals surface area contributed by atoms with Gasteiger partial charge in [0.05, 0.1) is 6.42 Å². The molecule has 0 saturated heterocycles. The molecular weight excluding hydrogens is 316 g/mol. The molecule has 0 aliphatic rings. The molecule has 0 radical (unpaired) electrons. The zero-order valence-electron chi connectivity index (χ0n) is 13.4. The van der Waals surface area contributed by atoms with E-state index in [-0.39, 0.29) is 0 Å². The molecule has 0 aliphatic carbocycles. The third-order valence-electron chi connectivity index (χ3n) is 4.08. The molecule has 0 saturated carbocycles. The van der Waals surface area contributed by atoms with E-state index in [2.05, 4.69) is 18.2 Å². The van der Waals surface area contributed by atoms with Crippen LogP contribution in [0.1, 0.15) is 27.9 Å². The number of carbonyl (C=O) groups is 3. The standard InChI is InChI=1S/C21H16O4/c22-19(13-20(23)21(24)25)17-9-3-5-14(12-17)11-16-8-4-7-15-6-1-2-10-18(15)16/h1-10,12H,11,13H2,(H,24,25). The van der Waals surface area contributed by atoms with Gasteiger partial charge >= 0.3 is 5.97 Å². The minimum atomic E-state index is -1.58. The van der Waals surface area contributed by atoms with E-state index >= 15 is 0 Å². The summed E-state index contributed by atoms with van der Waals surface area (Å²) in [4.78, 5) is 33.9. The zero-order valence-corrected chi connectivity index (χ0v) is 13.4. The third-order valence-corrected chi connectivity index (χ3v) is 4.08. The maximum atomic E-state index is 12.1. The van der Waals surface area contributed by atoms with Crippen molar-refractivity contribution in [2.75, 3.05) is 0 Å². The fourth-order valence-electron chi connectivity index (χ4n) is 2.84. The molecule has 0 amide bonds. The van der Waals surface area contributed by atoms with Gasteiger partial charge in [-0.1, -0.05) is 60.7 Å². The Morgan fingerprint density at radius 3 is 2.36 bits per heavy atom. The average molecular weight is 332 g/mol. The third kappa shape index (κ3) is 3.80. The minimum Gasteiger partial charge on any atom is -0.475 e. The predicted molar refractivity (Wildman–Crippen MR) is 94.8 cm³/mol. The summed E-state index contributed by atoms with van der Waals surface area (Å²) >= 11 is 0. The van der Waals surface area contributed by atoms with Gasteiger partial charge in [0.25, 0.3) is 0 Å². The van der Waals surface area contributed by atoms with E-state index in [1.165, 1.54) is 0 Å². The topological polar surface area (TPSA) is 71.4 Å². The average Bonchev–Trinajstić information content (AvgIpc) is 2.62. The molecule has 25 heavy (non-hydrogen) atoms. The van der Waals surface area contributed by atoms with Gasteiger partial charge in [0, 0.05) is 5.56 Å². The lowest BCUT2D eigenvalue weighted by Crippen LogP contribution is -2.17. The van der Waals surface area contributed by atoms with E-state index in [4.69, 9.17) is 5.11 Å². The molecule has 0 fully saturated rings. The molecule has 0 aromatic heterocycles. The quantitative estimate of drug-likeness (QED) is 0.425. The molecule has 3 aromatic rings. The summed E-state index contributed by atoms with van der Waals surface area (Å²) in [6, 6.07) is 21.2. The molecule has 3 rings (SSSR count). The monoisotopic (exact) mass is 332 g/mol. The van der Waals surface area contributed by atoms with Crippen LogP contribution in [0.15, 0.2) is 66.7 Å². The Balaban J connectivity index is 1.85. The Hall–Kier alpha value is -3.27. The number of carboxylic acid groups (broad SMARTS) is 1. The van der Waals surface area contributed by atoms with Crippen LogP contribution in [0.4, 0.5) is 0 Å². The van der Waals surface area contributed by atoms with Crippen molar-refractivity contribution in [1.29, 1.82) is 0 Å². The van der Waals surface area contributed by atoms with E-state index in [0.717, 1.165) is 21.9 Å². The molecular formula is C21H16O4. The molecule has 3 aromatic carbocycles. The lowest BCUT2D eigenvalue weighted by molar-refractivity contribution is -0.148. The molecule has 0 spiro atoms. The first-order chi connectivity index (χ1) is 12.0. The van der Waals surface area contributed by atoms with E-state index in [1.807, 2.05) is 30.3 Å². The number of hydrogen-bond acceptors (Lipinski definition) is 3. The van der Waals surface area contributed by atoms with Crippen LogP contribution in [-0.4, -0.2) is 22.6 Å². The smallest absolute Gasteiger partial charge is 0.372 e. The number of rotatable bonds is 6. The second-order valence-electron chi connectivity index (χ2n) is 5.84. The van der Waals surface area contributed by atoms with Crippen molar-refractivity contribution in [3.63, 3.8) is 0 Å². The largest absolute Gasteiger partial charge is 0.475 e. The van der Waals surface area contributed by atoms with Gasteiger partial charge in [-0.3, -0.25) is 9.59 Å². The summed E-state index contributed by atoms with van der Waals surface area (Å²) in [7, 11) is 0. The van der Waals surface area contributed by atoms with Gasteiger partial charge in [0.15, 0.2) is 5.78 Å². The molecule has 4 heteroatoms. The molecule has 124 valence electrons. The van der Waals surface area contributed by atoms with Gasteiger partial charge in [0.1, 0.15) is 0 Å². The Labute approximate surface area is 144 Å². The van der Waals surface area contributed by atoms with Gasteiger partial charge in [-0.2, -0.15) is 0 Å². The summed E-state index contributed by atoms with van der Waals surface area (Å²) in [5, 5.41) is 10.9. The number of benzene rings is 3. The van der Waals surface area contributed by atoms with Gasteiger partial charge in [0.2, 0.25) is 5.78 Å². The Morgan fingerprint density at radius 2 is 1.56 bits per heavy atom. The summed E-state index contributed by atoms with van der Waals surface area (Å²) in [6.07, 6.45) is 0.0302. The maximum absolute atomic E-state index is 12.1. The van der Waals surface area contributed by atoms with Gasteiger partial charge in [-0.25, -0.2) is 4.79 Å². The summed E-state index contributed by atoms with van der Waals surface area (Å²) in [6.45, 7) is 0. The number of aliphatic carboxylic acids is 1. The molecule has 1 N–H and O–H groups in total. The first-order valence-corrected chi connectivity index (χ1v) is 7.89. The van der Waals surface area contributed by atoms with Crippen LogP contribution in [0.3, 0.4) is 0 Å². The van der Waals surface area contributed by atoms with Crippen LogP contribution in [-0.2, 0) is 16.0 Å². The van der Waals surface area contributed by atoms with Gasteiger partial charge < -0.3 is 5.11 Å². The van der Waals surface area contributed by atoms with Crippen molar-refractivity contribution in [3.05, 3.63) is 83.4 Å². The molecule has 0 bridgehead atoms. The van der Waals surface area contributed by atoms with Crippen molar-refractivity contribution in [2.45, 2.75) is 12.8 Å². The highest BCUT2D eigenvalue weighted by Crippen LogP contribution is 2.22. The van der Waals surface area contributed by atoms with E-state index in [1.54, 1.807) is 18.2 Å². The van der Waals surface area contributed by atoms with Crippen LogP contribution in [0.5, 0.6) is 0 Å². The van der Waals surface area contributed by atoms with Crippen LogP contribution in [0.2, 0.25) is 0 Å². The number of hydrogen-bond donors (Lipinski definition) is 1. The number of ketones is 2. The highest BCUT2D eigenvalue weighted by molar-refractivity contribution is 6.37. The highest BCUT2D eigenvalue weighted by atomic mass is 16.4. The normalized spacial score (nSPS) is 10.6.